The van der Waals surface area contributed by atoms with Crippen molar-refractivity contribution in [2.45, 2.75) is 25.9 Å². The van der Waals surface area contributed by atoms with E-state index in [1.54, 1.807) is 16.2 Å². The second-order valence-corrected chi connectivity index (χ2v) is 6.80. The summed E-state index contributed by atoms with van der Waals surface area (Å²) in [6, 6.07) is 3.57. The lowest BCUT2D eigenvalue weighted by atomic mass is 10.2. The first-order valence-corrected chi connectivity index (χ1v) is 9.24. The summed E-state index contributed by atoms with van der Waals surface area (Å²) in [5.41, 5.74) is 0.844. The number of nitrogens with zero attached hydrogens (tertiary/aromatic N) is 3. The molecule has 7 nitrogen and oxygen atoms in total. The van der Waals surface area contributed by atoms with E-state index in [-0.39, 0.29) is 12.1 Å². The fourth-order valence-electron chi connectivity index (χ4n) is 2.98. The quantitative estimate of drug-likeness (QED) is 0.777. The van der Waals surface area contributed by atoms with Crippen molar-refractivity contribution in [2.75, 3.05) is 19.8 Å². The van der Waals surface area contributed by atoms with E-state index in [1.807, 2.05) is 41.2 Å². The summed E-state index contributed by atoms with van der Waals surface area (Å²) >= 11 is 1.57. The molecule has 0 aliphatic carbocycles. The molecule has 25 heavy (non-hydrogen) atoms. The lowest BCUT2D eigenvalue weighted by Gasteiger charge is -2.34. The number of amides is 2. The molecule has 3 aromatic heterocycles. The van der Waals surface area contributed by atoms with Crippen LogP contribution in [-0.4, -0.2) is 40.1 Å². The van der Waals surface area contributed by atoms with Crippen molar-refractivity contribution >= 4 is 22.3 Å². The standard InChI is InChI=1S/C17H20N4O3S/c1-2-13-3-4-15(24-13)14-11-23-7-5-21(14)16(22)18-9-12-10-20-6-8-25-17(20)19-12/h3-4,6,8,10,14H,2,5,7,9,11H2,1H3,(H,18,22). The number of hydrogen-bond acceptors (Lipinski definition) is 5. The fraction of sp³-hybridized carbons (Fsp3) is 0.412. The maximum absolute atomic E-state index is 12.7. The fourth-order valence-corrected chi connectivity index (χ4v) is 3.69. The minimum atomic E-state index is -0.195. The van der Waals surface area contributed by atoms with Crippen LogP contribution in [0.15, 0.2) is 34.3 Å². The molecule has 1 aliphatic heterocycles. The first-order chi connectivity index (χ1) is 12.2. The highest BCUT2D eigenvalue weighted by Gasteiger charge is 2.30. The summed E-state index contributed by atoms with van der Waals surface area (Å²) in [7, 11) is 0. The molecule has 1 fully saturated rings. The van der Waals surface area contributed by atoms with Gasteiger partial charge < -0.3 is 19.4 Å². The predicted octanol–water partition coefficient (Wildman–Crippen LogP) is 2.83. The maximum Gasteiger partial charge on any atom is 0.318 e. The average molecular weight is 360 g/mol. The van der Waals surface area contributed by atoms with Crippen LogP contribution in [0, 0.1) is 0 Å². The van der Waals surface area contributed by atoms with Crippen molar-refractivity contribution in [3.8, 4) is 0 Å². The molecule has 2 amide bonds. The number of ether oxygens (including phenoxy) is 1. The van der Waals surface area contributed by atoms with Gasteiger partial charge in [0.15, 0.2) is 4.96 Å². The van der Waals surface area contributed by atoms with Crippen LogP contribution in [0.25, 0.3) is 4.96 Å². The zero-order chi connectivity index (χ0) is 17.2. The number of hydrogen-bond donors (Lipinski definition) is 1. The average Bonchev–Trinajstić information content (AvgIpc) is 3.35. The molecule has 1 aliphatic rings. The van der Waals surface area contributed by atoms with E-state index in [2.05, 4.69) is 10.3 Å². The predicted molar refractivity (Wildman–Crippen MR) is 93.7 cm³/mol. The molecule has 0 spiro atoms. The number of thiazole rings is 1. The Morgan fingerprint density at radius 3 is 3.20 bits per heavy atom. The van der Waals surface area contributed by atoms with E-state index in [1.165, 1.54) is 0 Å². The molecule has 3 aromatic rings. The van der Waals surface area contributed by atoms with Crippen molar-refractivity contribution in [2.24, 2.45) is 0 Å². The summed E-state index contributed by atoms with van der Waals surface area (Å²) in [5, 5.41) is 4.94. The summed E-state index contributed by atoms with van der Waals surface area (Å²) in [6.45, 7) is 3.96. The largest absolute Gasteiger partial charge is 0.464 e. The second kappa shape index (κ2) is 6.89. The monoisotopic (exact) mass is 360 g/mol. The molecule has 0 bridgehead atoms. The van der Waals surface area contributed by atoms with Gasteiger partial charge in [-0.3, -0.25) is 4.40 Å². The van der Waals surface area contributed by atoms with E-state index in [9.17, 15) is 4.79 Å². The number of aryl methyl sites for hydroxylation is 1. The third kappa shape index (κ3) is 3.27. The third-order valence-electron chi connectivity index (χ3n) is 4.31. The second-order valence-electron chi connectivity index (χ2n) is 5.93. The van der Waals surface area contributed by atoms with Gasteiger partial charge in [0.05, 0.1) is 25.5 Å². The van der Waals surface area contributed by atoms with Gasteiger partial charge >= 0.3 is 6.03 Å². The van der Waals surface area contributed by atoms with Crippen molar-refractivity contribution in [3.63, 3.8) is 0 Å². The Balaban J connectivity index is 1.44. The van der Waals surface area contributed by atoms with Gasteiger partial charge in [0, 0.05) is 30.7 Å². The molecule has 0 radical (unpaired) electrons. The van der Waals surface area contributed by atoms with Gasteiger partial charge in [0.1, 0.15) is 17.6 Å². The molecular formula is C17H20N4O3S. The van der Waals surface area contributed by atoms with Crippen LogP contribution in [0.2, 0.25) is 0 Å². The zero-order valence-corrected chi connectivity index (χ0v) is 14.8. The van der Waals surface area contributed by atoms with Crippen molar-refractivity contribution < 1.29 is 13.9 Å². The van der Waals surface area contributed by atoms with Crippen LogP contribution < -0.4 is 5.32 Å². The molecule has 4 heterocycles. The minimum absolute atomic E-state index is 0.126. The molecule has 4 rings (SSSR count). The smallest absolute Gasteiger partial charge is 0.318 e. The molecular weight excluding hydrogens is 340 g/mol. The molecule has 1 unspecified atom stereocenters. The summed E-state index contributed by atoms with van der Waals surface area (Å²) < 4.78 is 13.3. The Hall–Kier alpha value is -2.32. The summed E-state index contributed by atoms with van der Waals surface area (Å²) in [6.07, 6.45) is 4.72. The van der Waals surface area contributed by atoms with Gasteiger partial charge in [-0.05, 0) is 12.1 Å². The maximum atomic E-state index is 12.7. The van der Waals surface area contributed by atoms with Crippen LogP contribution in [0.3, 0.4) is 0 Å². The van der Waals surface area contributed by atoms with Crippen molar-refractivity contribution in [1.29, 1.82) is 0 Å². The Morgan fingerprint density at radius 1 is 1.48 bits per heavy atom. The van der Waals surface area contributed by atoms with Crippen LogP contribution >= 0.6 is 11.3 Å². The van der Waals surface area contributed by atoms with E-state index in [0.29, 0.717) is 26.3 Å². The SMILES string of the molecule is CCc1ccc(C2COCCN2C(=O)NCc2cn3ccsc3n2)o1. The van der Waals surface area contributed by atoms with Crippen molar-refractivity contribution in [1.82, 2.24) is 19.6 Å². The highest BCUT2D eigenvalue weighted by molar-refractivity contribution is 7.15. The summed E-state index contributed by atoms with van der Waals surface area (Å²) in [5.74, 6) is 1.69. The summed E-state index contributed by atoms with van der Waals surface area (Å²) in [4.78, 5) is 19.9. The minimum Gasteiger partial charge on any atom is -0.464 e. The Morgan fingerprint density at radius 2 is 2.40 bits per heavy atom. The highest BCUT2D eigenvalue weighted by atomic mass is 32.1. The van der Waals surface area contributed by atoms with Gasteiger partial charge in [-0.2, -0.15) is 0 Å². The van der Waals surface area contributed by atoms with Gasteiger partial charge in [0.25, 0.3) is 0 Å². The van der Waals surface area contributed by atoms with Crippen LogP contribution in [0.1, 0.15) is 30.2 Å². The topological polar surface area (TPSA) is 72.0 Å². The lowest BCUT2D eigenvalue weighted by molar-refractivity contribution is 0.00391. The molecule has 0 aromatic carbocycles. The molecule has 1 N–H and O–H groups in total. The van der Waals surface area contributed by atoms with Crippen LogP contribution in [0.5, 0.6) is 0 Å². The van der Waals surface area contributed by atoms with Gasteiger partial charge in [-0.1, -0.05) is 6.92 Å². The van der Waals surface area contributed by atoms with E-state index in [4.69, 9.17) is 9.15 Å². The molecule has 1 saturated heterocycles. The number of urea groups is 1. The van der Waals surface area contributed by atoms with Crippen LogP contribution in [0.4, 0.5) is 4.79 Å². The Labute approximate surface area is 149 Å². The lowest BCUT2D eigenvalue weighted by Crippen LogP contribution is -2.47. The Bertz CT molecular complexity index is 840. The first kappa shape index (κ1) is 16.2. The molecule has 0 saturated carbocycles. The van der Waals surface area contributed by atoms with Crippen molar-refractivity contribution in [3.05, 3.63) is 47.1 Å². The van der Waals surface area contributed by atoms with Crippen LogP contribution in [-0.2, 0) is 17.7 Å². The number of carbonyl (C=O) groups excluding carboxylic acids is 1. The highest BCUT2D eigenvalue weighted by Crippen LogP contribution is 2.26. The number of imidazole rings is 1. The van der Waals surface area contributed by atoms with E-state index < -0.39 is 0 Å². The molecule has 132 valence electrons. The number of aromatic nitrogens is 2. The number of nitrogens with one attached hydrogen (secondary N) is 1. The number of morpholine rings is 1. The first-order valence-electron chi connectivity index (χ1n) is 8.36. The number of carbonyl (C=O) groups is 1. The normalized spacial score (nSPS) is 18.0. The van der Waals surface area contributed by atoms with E-state index in [0.717, 1.165) is 28.6 Å². The van der Waals surface area contributed by atoms with E-state index >= 15 is 0 Å². The van der Waals surface area contributed by atoms with Gasteiger partial charge in [-0.25, -0.2) is 9.78 Å². The third-order valence-corrected chi connectivity index (χ3v) is 5.08. The molecule has 1 atom stereocenters. The number of fused-ring (bicyclic) bond motifs is 1. The number of furan rings is 1. The number of rotatable bonds is 4. The zero-order valence-electron chi connectivity index (χ0n) is 14.0. The molecule has 8 heteroatoms. The van der Waals surface area contributed by atoms with Gasteiger partial charge in [0.2, 0.25) is 0 Å². The van der Waals surface area contributed by atoms with Gasteiger partial charge in [-0.15, -0.1) is 11.3 Å². The Kier molecular flexibility index (Phi) is 4.46.